The van der Waals surface area contributed by atoms with Crippen LogP contribution in [0.15, 0.2) is 23.3 Å². The van der Waals surface area contributed by atoms with Gasteiger partial charge >= 0.3 is 6.18 Å². The second-order valence-electron chi connectivity index (χ2n) is 3.96. The number of hydrogen-bond donors (Lipinski definition) is 1. The Kier molecular flexibility index (Phi) is 2.84. The first-order chi connectivity index (χ1) is 9.44. The number of nitrogens with zero attached hydrogens (tertiary/aromatic N) is 2. The minimum Gasteiger partial charge on any atom is -0.397 e. The van der Waals surface area contributed by atoms with Crippen LogP contribution in [0.4, 0.5) is 18.9 Å². The summed E-state index contributed by atoms with van der Waals surface area (Å²) in [7, 11) is 0. The maximum Gasteiger partial charge on any atom is 0.408 e. The minimum atomic E-state index is -4.60. The van der Waals surface area contributed by atoms with Gasteiger partial charge in [-0.2, -0.15) is 13.2 Å². The summed E-state index contributed by atoms with van der Waals surface area (Å²) < 4.78 is 61.4. The zero-order valence-electron chi connectivity index (χ0n) is 12.7. The molecule has 0 saturated heterocycles. The monoisotopic (exact) mass is 298 g/mol. The Morgan fingerprint density at radius 3 is 2.63 bits per heavy atom. The predicted molar refractivity (Wildman–Crippen MR) is 69.6 cm³/mol. The molecule has 0 amide bonds. The second-order valence-corrected chi connectivity index (χ2v) is 3.96. The van der Waals surface area contributed by atoms with Crippen molar-refractivity contribution in [2.24, 2.45) is 6.98 Å². The van der Waals surface area contributed by atoms with Crippen molar-refractivity contribution < 1.29 is 17.3 Å². The summed E-state index contributed by atoms with van der Waals surface area (Å²) >= 11 is 0. The molecule has 0 bridgehead atoms. The molecule has 2 heterocycles. The molecule has 0 fully saturated rings. The lowest BCUT2D eigenvalue weighted by Gasteiger charge is -2.18. The van der Waals surface area contributed by atoms with Crippen molar-refractivity contribution in [3.8, 4) is 0 Å². The fourth-order valence-corrected chi connectivity index (χ4v) is 1.75. The highest BCUT2D eigenvalue weighted by atomic mass is 35.5. The molecule has 2 rings (SSSR count). The third kappa shape index (κ3) is 2.42. The van der Waals surface area contributed by atoms with Crippen molar-refractivity contribution in [2.45, 2.75) is 19.1 Å². The molecule has 1 unspecified atom stereocenters. The van der Waals surface area contributed by atoms with E-state index in [4.69, 9.17) is 9.85 Å². The van der Waals surface area contributed by atoms with Crippen molar-refractivity contribution in [3.05, 3.63) is 28.8 Å². The maximum absolute atomic E-state index is 12.7. The summed E-state index contributed by atoms with van der Waals surface area (Å²) in [6, 6.07) is -0.897. The van der Waals surface area contributed by atoms with Gasteiger partial charge in [0, 0.05) is 23.5 Å². The predicted octanol–water partition coefficient (Wildman–Crippen LogP) is 2.47. The molecule has 1 atom stereocenters. The van der Waals surface area contributed by atoms with Crippen LogP contribution in [0.3, 0.4) is 0 Å². The number of pyridine rings is 1. The van der Waals surface area contributed by atoms with Crippen LogP contribution in [0.2, 0.25) is 0 Å². The van der Waals surface area contributed by atoms with Crippen molar-refractivity contribution in [2.75, 3.05) is 5.73 Å². The zero-order chi connectivity index (χ0) is 16.2. The van der Waals surface area contributed by atoms with Gasteiger partial charge in [-0.05, 0) is 13.0 Å². The largest absolute Gasteiger partial charge is 0.408 e. The molecule has 0 saturated carbocycles. The van der Waals surface area contributed by atoms with E-state index < -0.39 is 24.8 Å². The highest BCUT2D eigenvalue weighted by Gasteiger charge is 2.38. The number of aryl methyl sites for hydroxylation is 1. The van der Waals surface area contributed by atoms with E-state index in [9.17, 15) is 18.0 Å². The Hall–Kier alpha value is -1.63. The number of aromatic nitrogens is 2. The molecule has 2 aromatic heterocycles. The van der Waals surface area contributed by atoms with E-state index in [1.54, 1.807) is 0 Å². The summed E-state index contributed by atoms with van der Waals surface area (Å²) in [5.74, 6) is 0. The molecule has 0 radical (unpaired) electrons. The van der Waals surface area contributed by atoms with Gasteiger partial charge in [-0.15, -0.1) is 12.4 Å². The molecular weight excluding hydrogens is 283 g/mol. The molecule has 8 heteroatoms. The molecule has 106 valence electrons. The van der Waals surface area contributed by atoms with E-state index in [-0.39, 0.29) is 29.0 Å². The number of halogens is 4. The van der Waals surface area contributed by atoms with Crippen LogP contribution >= 0.6 is 12.4 Å². The highest BCUT2D eigenvalue weighted by molar-refractivity contribution is 5.90. The van der Waals surface area contributed by atoms with Crippen molar-refractivity contribution in [1.29, 1.82) is 0 Å². The Bertz CT molecular complexity index is 751. The minimum absolute atomic E-state index is 0. The van der Waals surface area contributed by atoms with Crippen LogP contribution in [0.5, 0.6) is 0 Å². The fraction of sp³-hybridized carbons (Fsp3) is 0.364. The summed E-state index contributed by atoms with van der Waals surface area (Å²) in [4.78, 5) is 12.2. The summed E-state index contributed by atoms with van der Waals surface area (Å²) in [5, 5.41) is -0.232. The van der Waals surface area contributed by atoms with E-state index in [0.717, 1.165) is 30.0 Å². The van der Waals surface area contributed by atoms with Gasteiger partial charge < -0.3 is 14.9 Å². The summed E-state index contributed by atoms with van der Waals surface area (Å²) in [5.41, 5.74) is 4.42. The third-order valence-corrected chi connectivity index (χ3v) is 2.80. The molecule has 19 heavy (non-hydrogen) atoms. The van der Waals surface area contributed by atoms with Gasteiger partial charge in [-0.25, -0.2) is 0 Å². The van der Waals surface area contributed by atoms with Gasteiger partial charge in [0.2, 0.25) is 0 Å². The van der Waals surface area contributed by atoms with E-state index in [1.807, 2.05) is 0 Å². The normalized spacial score (nSPS) is 16.3. The summed E-state index contributed by atoms with van der Waals surface area (Å²) in [6.07, 6.45) is -2.65. The van der Waals surface area contributed by atoms with Gasteiger partial charge in [0.15, 0.2) is 0 Å². The SMILES string of the molecule is Cl.[2H]C([2H])([2H])n1cc(N)c2c(=O)n(C(C)C(F)(F)F)ccc21. The van der Waals surface area contributed by atoms with Gasteiger partial charge in [0.1, 0.15) is 6.04 Å². The Morgan fingerprint density at radius 1 is 1.47 bits per heavy atom. The number of fused-ring (bicyclic) bond motifs is 1. The number of nitrogen functional groups attached to an aromatic ring is 1. The van der Waals surface area contributed by atoms with Gasteiger partial charge in [0.25, 0.3) is 5.56 Å². The fourth-order valence-electron chi connectivity index (χ4n) is 1.75. The van der Waals surface area contributed by atoms with Crippen molar-refractivity contribution >= 4 is 29.0 Å². The topological polar surface area (TPSA) is 52.9 Å². The van der Waals surface area contributed by atoms with E-state index >= 15 is 0 Å². The molecule has 2 N–H and O–H groups in total. The number of nitrogens with two attached hydrogens (primary N) is 1. The van der Waals surface area contributed by atoms with Gasteiger partial charge in [0.05, 0.1) is 16.6 Å². The van der Waals surface area contributed by atoms with Crippen LogP contribution in [-0.4, -0.2) is 15.3 Å². The number of anilines is 1. The first-order valence-corrected chi connectivity index (χ1v) is 5.03. The average molecular weight is 299 g/mol. The van der Waals surface area contributed by atoms with Crippen molar-refractivity contribution in [3.63, 3.8) is 0 Å². The molecule has 0 aliphatic rings. The Morgan fingerprint density at radius 2 is 2.11 bits per heavy atom. The maximum atomic E-state index is 12.7. The number of hydrogen-bond acceptors (Lipinski definition) is 2. The van der Waals surface area contributed by atoms with Crippen LogP contribution in [-0.2, 0) is 6.98 Å². The first kappa shape index (κ1) is 11.2. The molecule has 4 nitrogen and oxygen atoms in total. The summed E-state index contributed by atoms with van der Waals surface area (Å²) in [6.45, 7) is -1.74. The first-order valence-electron chi connectivity index (χ1n) is 6.53. The second kappa shape index (κ2) is 4.80. The van der Waals surface area contributed by atoms with Crippen LogP contribution < -0.4 is 11.3 Å². The van der Waals surface area contributed by atoms with Gasteiger partial charge in [-0.1, -0.05) is 0 Å². The number of alkyl halides is 3. The Labute approximate surface area is 117 Å². The molecule has 2 aromatic rings. The molecule has 0 aromatic carbocycles. The van der Waals surface area contributed by atoms with Crippen LogP contribution in [0.1, 0.15) is 17.1 Å². The van der Waals surface area contributed by atoms with E-state index in [2.05, 4.69) is 0 Å². The van der Waals surface area contributed by atoms with Crippen LogP contribution in [0.25, 0.3) is 10.9 Å². The highest BCUT2D eigenvalue weighted by Crippen LogP contribution is 2.29. The van der Waals surface area contributed by atoms with E-state index in [1.165, 1.54) is 0 Å². The van der Waals surface area contributed by atoms with E-state index in [0.29, 0.717) is 4.57 Å². The lowest BCUT2D eigenvalue weighted by atomic mass is 10.2. The van der Waals surface area contributed by atoms with Crippen molar-refractivity contribution in [1.82, 2.24) is 9.13 Å². The van der Waals surface area contributed by atoms with Crippen LogP contribution in [0, 0.1) is 0 Å². The average Bonchev–Trinajstić information content (AvgIpc) is 2.66. The quantitative estimate of drug-likeness (QED) is 0.879. The molecule has 0 spiro atoms. The molecular formula is C11H13ClF3N3O. The zero-order valence-corrected chi connectivity index (χ0v) is 10.5. The standard InChI is InChI=1S/C11H12F3N3O.ClH/c1-6(11(12,13)14)17-4-3-8-9(10(17)18)7(15)5-16(8)2;/h3-6H,15H2,1-2H3;1H/i2D3;. The molecule has 0 aliphatic carbocycles. The smallest absolute Gasteiger partial charge is 0.397 e. The third-order valence-electron chi connectivity index (χ3n) is 2.80. The lowest BCUT2D eigenvalue weighted by Crippen LogP contribution is -2.32. The number of rotatable bonds is 1. The Balaban J connectivity index is 0.00000242. The molecule has 0 aliphatic heterocycles. The lowest BCUT2D eigenvalue weighted by molar-refractivity contribution is -0.163. The van der Waals surface area contributed by atoms with Gasteiger partial charge in [-0.3, -0.25) is 4.79 Å².